The molecule has 0 radical (unpaired) electrons. The second-order valence-corrected chi connectivity index (χ2v) is 18.6. The Kier molecular flexibility index (Phi) is 16.1. The number of amides is 2. The Hall–Kier alpha value is -2.74. The number of nitrogens with two attached hydrogens (primary N) is 1. The molecule has 11 N–H and O–H groups in total. The van der Waals surface area contributed by atoms with Crippen LogP contribution in [0.4, 0.5) is 5.82 Å². The normalized spacial score (nSPS) is 24.3. The van der Waals surface area contributed by atoms with Gasteiger partial charge in [0, 0.05) is 36.3 Å². The minimum Gasteiger partial charge on any atom is -0.388 e. The van der Waals surface area contributed by atoms with Gasteiger partial charge in [0.25, 0.3) is 0 Å². The number of phosphoric ester groups is 3. The second-order valence-electron chi connectivity index (χ2n) is 13.3. The number of carbonyl (C=O) groups excluding carboxylic acids is 3. The first kappa shape index (κ1) is 46.9. The number of nitrogens with one attached hydrogen (secondary N) is 2. The van der Waals surface area contributed by atoms with E-state index in [1.165, 1.54) is 13.8 Å². The van der Waals surface area contributed by atoms with Crippen molar-refractivity contribution < 1.29 is 85.6 Å². The Morgan fingerprint density at radius 3 is 2.46 bits per heavy atom. The van der Waals surface area contributed by atoms with E-state index < -0.39 is 90.7 Å². The van der Waals surface area contributed by atoms with Crippen LogP contribution in [0.2, 0.25) is 0 Å². The zero-order valence-electron chi connectivity index (χ0n) is 30.3. The van der Waals surface area contributed by atoms with E-state index >= 15 is 0 Å². The van der Waals surface area contributed by atoms with E-state index in [-0.39, 0.29) is 47.4 Å². The fourth-order valence-electron chi connectivity index (χ4n) is 5.44. The minimum absolute atomic E-state index is 0.0262. The van der Waals surface area contributed by atoms with E-state index in [9.17, 15) is 63.0 Å². The average molecular weight is 892 g/mol. The van der Waals surface area contributed by atoms with Gasteiger partial charge in [0.05, 0.1) is 25.6 Å². The van der Waals surface area contributed by atoms with Gasteiger partial charge >= 0.3 is 23.5 Å². The van der Waals surface area contributed by atoms with Crippen LogP contribution in [0.1, 0.15) is 45.8 Å². The van der Waals surface area contributed by atoms with Crippen LogP contribution in [0.5, 0.6) is 0 Å². The molecule has 1 aliphatic heterocycles. The van der Waals surface area contributed by atoms with Gasteiger partial charge in [-0.25, -0.2) is 28.6 Å². The zero-order valence-corrected chi connectivity index (χ0v) is 33.8. The van der Waals surface area contributed by atoms with Crippen LogP contribution in [-0.2, 0) is 50.7 Å². The summed E-state index contributed by atoms with van der Waals surface area (Å²) in [6.45, 7) is 0.357. The highest BCUT2D eigenvalue weighted by molar-refractivity contribution is 8.14. The number of aliphatic hydroxyl groups excluding tert-OH is 3. The molecule has 29 heteroatoms. The first-order chi connectivity index (χ1) is 26.5. The molecule has 0 saturated carbocycles. The molecule has 0 aromatic carbocycles. The van der Waals surface area contributed by atoms with Gasteiger partial charge in [0.1, 0.15) is 36.3 Å². The number of allylic oxidation sites excluding steroid dienone is 1. The van der Waals surface area contributed by atoms with Crippen molar-refractivity contribution in [1.29, 1.82) is 0 Å². The summed E-state index contributed by atoms with van der Waals surface area (Å²) in [4.78, 5) is 87.9. The number of ether oxygens (including phenoxy) is 1. The van der Waals surface area contributed by atoms with E-state index in [2.05, 4.69) is 34.4 Å². The third-order valence-corrected chi connectivity index (χ3v) is 12.4. The van der Waals surface area contributed by atoms with E-state index in [4.69, 9.17) is 19.5 Å². The highest BCUT2D eigenvalue weighted by atomic mass is 32.2. The van der Waals surface area contributed by atoms with Crippen LogP contribution in [0.25, 0.3) is 11.2 Å². The third kappa shape index (κ3) is 13.4. The summed E-state index contributed by atoms with van der Waals surface area (Å²) in [5.74, 6) is -1.27. The number of anilines is 1. The Morgan fingerprint density at radius 2 is 1.77 bits per heavy atom. The molecule has 8 unspecified atom stereocenters. The molecule has 0 bridgehead atoms. The van der Waals surface area contributed by atoms with Crippen molar-refractivity contribution in [2.45, 2.75) is 76.3 Å². The van der Waals surface area contributed by atoms with E-state index in [0.29, 0.717) is 18.4 Å². The zero-order chi connectivity index (χ0) is 42.3. The molecular weight excluding hydrogens is 847 g/mol. The summed E-state index contributed by atoms with van der Waals surface area (Å²) in [5, 5.41) is 36.0. The van der Waals surface area contributed by atoms with Crippen molar-refractivity contribution in [1.82, 2.24) is 30.2 Å². The van der Waals surface area contributed by atoms with E-state index in [0.717, 1.165) is 35.4 Å². The Bertz CT molecular complexity index is 1950. The number of thioether (sulfide) groups is 1. The highest BCUT2D eigenvalue weighted by Gasteiger charge is 2.50. The summed E-state index contributed by atoms with van der Waals surface area (Å²) in [6.07, 6.45) is -4.07. The molecule has 3 heterocycles. The number of hydrogen-bond acceptors (Lipinski definition) is 19. The van der Waals surface area contributed by atoms with Crippen LogP contribution in [-0.4, -0.2) is 134 Å². The average Bonchev–Trinajstić information content (AvgIpc) is 3.68. The van der Waals surface area contributed by atoms with Crippen LogP contribution in [0.3, 0.4) is 0 Å². The predicted molar refractivity (Wildman–Crippen MR) is 195 cm³/mol. The van der Waals surface area contributed by atoms with Gasteiger partial charge in [-0.3, -0.25) is 32.5 Å². The number of phosphoric acid groups is 3. The molecule has 2 aromatic heterocycles. The van der Waals surface area contributed by atoms with Gasteiger partial charge in [-0.2, -0.15) is 4.31 Å². The number of carbonyl (C=O) groups is 3. The third-order valence-electron chi connectivity index (χ3n) is 8.38. The molecule has 1 saturated heterocycles. The van der Waals surface area contributed by atoms with Gasteiger partial charge < -0.3 is 56.0 Å². The number of nitrogens with zero attached hydrogens (tertiary/aromatic N) is 4. The minimum atomic E-state index is -5.58. The number of rotatable bonds is 20. The molecule has 25 nitrogen and oxygen atoms in total. The maximum Gasteiger partial charge on any atom is 0.481 e. The molecule has 1 fully saturated rings. The van der Waals surface area contributed by atoms with Gasteiger partial charge in [0.15, 0.2) is 17.7 Å². The molecule has 57 heavy (non-hydrogen) atoms. The Morgan fingerprint density at radius 1 is 1.07 bits per heavy atom. The van der Waals surface area contributed by atoms with Crippen LogP contribution < -0.4 is 16.4 Å². The number of aliphatic hydroxyl groups is 3. The maximum absolute atomic E-state index is 12.7. The van der Waals surface area contributed by atoms with Crippen molar-refractivity contribution in [3.05, 3.63) is 24.3 Å². The van der Waals surface area contributed by atoms with Crippen molar-refractivity contribution in [2.75, 3.05) is 37.8 Å². The Labute approximate surface area is 328 Å². The standard InChI is InChI=1S/C28H44N7O18P3S/c1-28(2,22(39)25(40)31-8-7-18(37)30-9-10-57-27(41)15-5-3-4-6-16(15)36)12-50-56(47,48)53-55(45,46)49-11-17-21(52-54(42,43)44)20(38)26(51-17)35-14-34-19-23(29)32-13-33-24(19)35/h5,13-14,16-17,20-22,26,36,38-39H,3-4,6-12H2,1-2H3,(H,30,37)(H,31,40)(H,45,46)(H,47,48)(H2,29,32,33)(H2,42,43,44). The lowest BCUT2D eigenvalue weighted by Crippen LogP contribution is -2.46. The molecule has 2 amide bonds. The SMILES string of the molecule is CC(C)(COP(=O)(O)OP(=O)(O)OCC1OC(n2cnc3c(N)ncnc32)C(O)C1OP(=O)(O)O)C(O)C(=O)NCCC(=O)NCCSC(=O)C1=CCCCC1O. The summed E-state index contributed by atoms with van der Waals surface area (Å²) in [7, 11) is -16.4. The number of hydrogen-bond donors (Lipinski definition) is 10. The molecule has 320 valence electrons. The van der Waals surface area contributed by atoms with Crippen LogP contribution in [0.15, 0.2) is 24.3 Å². The van der Waals surface area contributed by atoms with Crippen molar-refractivity contribution in [3.8, 4) is 0 Å². The Balaban J connectivity index is 1.22. The monoisotopic (exact) mass is 891 g/mol. The lowest BCUT2D eigenvalue weighted by atomic mass is 9.87. The lowest BCUT2D eigenvalue weighted by molar-refractivity contribution is -0.137. The summed E-state index contributed by atoms with van der Waals surface area (Å²) < 4.78 is 62.1. The number of fused-ring (bicyclic) bond motifs is 1. The smallest absolute Gasteiger partial charge is 0.388 e. The molecular formula is C28H44N7O18P3S. The van der Waals surface area contributed by atoms with Crippen LogP contribution >= 0.6 is 35.2 Å². The first-order valence-electron chi connectivity index (χ1n) is 16.9. The van der Waals surface area contributed by atoms with Crippen molar-refractivity contribution >= 4 is 69.1 Å². The molecule has 2 aromatic rings. The molecule has 1 aliphatic carbocycles. The van der Waals surface area contributed by atoms with Gasteiger partial charge in [-0.1, -0.05) is 31.7 Å². The molecule has 0 spiro atoms. The predicted octanol–water partition coefficient (Wildman–Crippen LogP) is -0.864. The summed E-state index contributed by atoms with van der Waals surface area (Å²) >= 11 is 0.952. The second kappa shape index (κ2) is 19.5. The lowest BCUT2D eigenvalue weighted by Gasteiger charge is -2.30. The summed E-state index contributed by atoms with van der Waals surface area (Å²) in [6, 6.07) is 0. The van der Waals surface area contributed by atoms with E-state index in [1.54, 1.807) is 6.08 Å². The molecule has 2 aliphatic rings. The number of nitrogen functional groups attached to an aromatic ring is 1. The van der Waals surface area contributed by atoms with Crippen molar-refractivity contribution in [3.63, 3.8) is 0 Å². The van der Waals surface area contributed by atoms with Gasteiger partial charge in [0.2, 0.25) is 16.9 Å². The fraction of sp³-hybridized carbons (Fsp3) is 0.643. The quantitative estimate of drug-likeness (QED) is 0.0571. The topological polar surface area (TPSA) is 384 Å². The largest absolute Gasteiger partial charge is 0.481 e. The van der Waals surface area contributed by atoms with Gasteiger partial charge in [-0.05, 0) is 19.3 Å². The maximum atomic E-state index is 12.7. The van der Waals surface area contributed by atoms with E-state index in [1.807, 2.05) is 0 Å². The molecule has 8 atom stereocenters. The summed E-state index contributed by atoms with van der Waals surface area (Å²) in [5.41, 5.74) is 4.59. The van der Waals surface area contributed by atoms with Gasteiger partial charge in [-0.15, -0.1) is 0 Å². The van der Waals surface area contributed by atoms with Crippen molar-refractivity contribution in [2.24, 2.45) is 5.41 Å². The molecule has 4 rings (SSSR count). The number of aromatic nitrogens is 4. The van der Waals surface area contributed by atoms with Crippen LogP contribution in [0, 0.1) is 5.41 Å². The number of imidazole rings is 1. The first-order valence-corrected chi connectivity index (χ1v) is 22.4. The highest BCUT2D eigenvalue weighted by Crippen LogP contribution is 2.61. The fourth-order valence-corrected chi connectivity index (χ4v) is 9.04.